The van der Waals surface area contributed by atoms with Crippen molar-refractivity contribution in [2.24, 2.45) is 5.41 Å². The Labute approximate surface area is 156 Å². The van der Waals surface area contributed by atoms with Crippen molar-refractivity contribution in [1.82, 2.24) is 14.5 Å². The topological polar surface area (TPSA) is 92.5 Å². The summed E-state index contributed by atoms with van der Waals surface area (Å²) in [5.74, 6) is -0.304. The molecule has 0 spiro atoms. The average Bonchev–Trinajstić information content (AvgIpc) is 2.91. The summed E-state index contributed by atoms with van der Waals surface area (Å²) < 4.78 is 1.76. The highest BCUT2D eigenvalue weighted by atomic mass is 16.4. The van der Waals surface area contributed by atoms with E-state index in [1.54, 1.807) is 34.6 Å². The second-order valence-corrected chi connectivity index (χ2v) is 7.87. The zero-order valence-electron chi connectivity index (χ0n) is 15.4. The molecule has 0 radical (unpaired) electrons. The third-order valence-electron chi connectivity index (χ3n) is 5.84. The van der Waals surface area contributed by atoms with Crippen LogP contribution < -0.4 is 5.56 Å². The van der Waals surface area contributed by atoms with Gasteiger partial charge in [0.2, 0.25) is 0 Å². The van der Waals surface area contributed by atoms with Crippen molar-refractivity contribution in [1.29, 1.82) is 0 Å². The van der Waals surface area contributed by atoms with Crippen LogP contribution in [0.2, 0.25) is 0 Å². The fraction of sp³-hybridized carbons (Fsp3) is 0.500. The minimum Gasteiger partial charge on any atom is -0.481 e. The number of aromatic nitrogens is 2. The second kappa shape index (κ2) is 6.48. The molecule has 3 heterocycles. The number of benzene rings is 1. The van der Waals surface area contributed by atoms with Gasteiger partial charge in [-0.05, 0) is 44.4 Å². The van der Waals surface area contributed by atoms with Crippen LogP contribution in [0.1, 0.15) is 48.8 Å². The van der Waals surface area contributed by atoms with E-state index in [1.165, 1.54) is 0 Å². The molecule has 1 unspecified atom stereocenters. The molecule has 27 heavy (non-hydrogen) atoms. The summed E-state index contributed by atoms with van der Waals surface area (Å²) in [6, 6.07) is 4.98. The number of nitrogens with zero attached hydrogens (tertiary/aromatic N) is 3. The minimum absolute atomic E-state index is 0.0458. The van der Waals surface area contributed by atoms with Crippen molar-refractivity contribution in [3.05, 3.63) is 39.9 Å². The number of likely N-dealkylation sites (tertiary alicyclic amines) is 1. The predicted octanol–water partition coefficient (Wildman–Crippen LogP) is 2.06. The number of carbonyl (C=O) groups is 2. The molecule has 2 aliphatic heterocycles. The minimum atomic E-state index is -0.902. The first-order valence-electron chi connectivity index (χ1n) is 9.45. The molecular formula is C20H23N3O4. The quantitative estimate of drug-likeness (QED) is 0.875. The summed E-state index contributed by atoms with van der Waals surface area (Å²) in [6.07, 6.45) is 4.29. The molecule has 1 aromatic carbocycles. The Morgan fingerprint density at radius 1 is 1.19 bits per heavy atom. The number of carbonyl (C=O) groups excluding carboxylic acids is 1. The van der Waals surface area contributed by atoms with E-state index in [1.807, 2.05) is 0 Å². The molecule has 4 rings (SSSR count). The normalized spacial score (nSPS) is 22.5. The van der Waals surface area contributed by atoms with Crippen molar-refractivity contribution in [3.8, 4) is 0 Å². The molecule has 7 nitrogen and oxygen atoms in total. The van der Waals surface area contributed by atoms with Crippen LogP contribution in [-0.2, 0) is 17.8 Å². The van der Waals surface area contributed by atoms with E-state index in [2.05, 4.69) is 4.98 Å². The summed E-state index contributed by atoms with van der Waals surface area (Å²) in [6.45, 7) is 2.97. The van der Waals surface area contributed by atoms with Crippen LogP contribution in [0.4, 0.5) is 0 Å². The van der Waals surface area contributed by atoms with Crippen molar-refractivity contribution < 1.29 is 14.7 Å². The molecule has 142 valence electrons. The maximum absolute atomic E-state index is 12.9. The van der Waals surface area contributed by atoms with E-state index in [4.69, 9.17) is 0 Å². The Bertz CT molecular complexity index is 997. The van der Waals surface area contributed by atoms with Gasteiger partial charge < -0.3 is 10.0 Å². The van der Waals surface area contributed by atoms with E-state index in [-0.39, 0.29) is 18.0 Å². The Hall–Kier alpha value is -2.70. The Balaban J connectivity index is 1.69. The van der Waals surface area contributed by atoms with Crippen LogP contribution in [-0.4, -0.2) is 44.5 Å². The maximum atomic E-state index is 12.9. The lowest BCUT2D eigenvalue weighted by Crippen LogP contribution is -2.35. The first-order valence-corrected chi connectivity index (χ1v) is 9.45. The van der Waals surface area contributed by atoms with Gasteiger partial charge in [0.15, 0.2) is 0 Å². The molecule has 0 saturated carbocycles. The number of hydrogen-bond donors (Lipinski definition) is 1. The molecule has 1 aromatic heterocycles. The molecule has 1 atom stereocenters. The van der Waals surface area contributed by atoms with Crippen LogP contribution in [0.15, 0.2) is 23.0 Å². The van der Waals surface area contributed by atoms with Gasteiger partial charge in [-0.1, -0.05) is 6.42 Å². The number of fused-ring (bicyclic) bond motifs is 2. The van der Waals surface area contributed by atoms with Gasteiger partial charge in [-0.3, -0.25) is 19.0 Å². The van der Waals surface area contributed by atoms with E-state index in [9.17, 15) is 19.5 Å². The molecule has 0 bridgehead atoms. The lowest BCUT2D eigenvalue weighted by atomic mass is 9.90. The number of carboxylic acids is 1. The zero-order chi connectivity index (χ0) is 19.2. The van der Waals surface area contributed by atoms with Crippen molar-refractivity contribution in [2.45, 2.75) is 45.6 Å². The van der Waals surface area contributed by atoms with Crippen LogP contribution in [0.5, 0.6) is 0 Å². The van der Waals surface area contributed by atoms with E-state index >= 15 is 0 Å². The smallest absolute Gasteiger partial charge is 0.311 e. The molecule has 2 aromatic rings. The van der Waals surface area contributed by atoms with Gasteiger partial charge in [0.1, 0.15) is 5.82 Å². The molecule has 1 fully saturated rings. The first-order chi connectivity index (χ1) is 12.9. The number of rotatable bonds is 2. The number of amides is 1. The van der Waals surface area contributed by atoms with Gasteiger partial charge in [0, 0.05) is 31.6 Å². The van der Waals surface area contributed by atoms with Gasteiger partial charge in [-0.25, -0.2) is 4.98 Å². The number of aryl methyl sites for hydroxylation is 1. The number of hydrogen-bond acceptors (Lipinski definition) is 4. The van der Waals surface area contributed by atoms with Crippen LogP contribution >= 0.6 is 0 Å². The maximum Gasteiger partial charge on any atom is 0.311 e. The van der Waals surface area contributed by atoms with Gasteiger partial charge >= 0.3 is 5.97 Å². The molecule has 2 aliphatic rings. The van der Waals surface area contributed by atoms with Gasteiger partial charge in [-0.15, -0.1) is 0 Å². The van der Waals surface area contributed by atoms with Crippen molar-refractivity contribution in [2.75, 3.05) is 13.1 Å². The zero-order valence-corrected chi connectivity index (χ0v) is 15.4. The lowest BCUT2D eigenvalue weighted by molar-refractivity contribution is -0.147. The Morgan fingerprint density at radius 3 is 2.74 bits per heavy atom. The predicted molar refractivity (Wildman–Crippen MR) is 99.8 cm³/mol. The fourth-order valence-electron chi connectivity index (χ4n) is 4.04. The number of aliphatic carboxylic acids is 1. The van der Waals surface area contributed by atoms with Crippen LogP contribution in [0.3, 0.4) is 0 Å². The highest BCUT2D eigenvalue weighted by molar-refractivity contribution is 5.98. The van der Waals surface area contributed by atoms with Gasteiger partial charge in [0.25, 0.3) is 11.5 Å². The molecule has 1 amide bonds. The Morgan fingerprint density at radius 2 is 2.00 bits per heavy atom. The highest BCUT2D eigenvalue weighted by Gasteiger charge is 2.42. The molecule has 0 aliphatic carbocycles. The average molecular weight is 369 g/mol. The van der Waals surface area contributed by atoms with Gasteiger partial charge in [-0.2, -0.15) is 0 Å². The molecule has 1 N–H and O–H groups in total. The summed E-state index contributed by atoms with van der Waals surface area (Å²) in [4.78, 5) is 43.3. The standard InChI is InChI=1S/C20H23N3O4/c1-20(19(26)27)8-10-22(12-20)17(24)13-6-7-14-15(11-13)21-16-5-3-2-4-9-23(16)18(14)25/h6-7,11H,2-5,8-10,12H2,1H3,(H,26,27). The van der Waals surface area contributed by atoms with Crippen molar-refractivity contribution in [3.63, 3.8) is 0 Å². The highest BCUT2D eigenvalue weighted by Crippen LogP contribution is 2.31. The monoisotopic (exact) mass is 369 g/mol. The Kier molecular flexibility index (Phi) is 4.25. The first kappa shape index (κ1) is 17.7. The third kappa shape index (κ3) is 3.01. The van der Waals surface area contributed by atoms with E-state index < -0.39 is 11.4 Å². The van der Waals surface area contributed by atoms with E-state index in [0.717, 1.165) is 31.5 Å². The molecule has 7 heteroatoms. The lowest BCUT2D eigenvalue weighted by Gasteiger charge is -2.20. The third-order valence-corrected chi connectivity index (χ3v) is 5.84. The van der Waals surface area contributed by atoms with E-state index in [0.29, 0.717) is 36.0 Å². The molecular weight excluding hydrogens is 346 g/mol. The second-order valence-electron chi connectivity index (χ2n) is 7.87. The van der Waals surface area contributed by atoms with Crippen molar-refractivity contribution >= 4 is 22.8 Å². The largest absolute Gasteiger partial charge is 0.481 e. The SMILES string of the molecule is CC1(C(=O)O)CCN(C(=O)c2ccc3c(=O)n4c(nc3c2)CCCCC4)C1. The fourth-order valence-corrected chi connectivity index (χ4v) is 4.04. The summed E-state index contributed by atoms with van der Waals surface area (Å²) in [7, 11) is 0. The molecule has 1 saturated heterocycles. The van der Waals surface area contributed by atoms with Gasteiger partial charge in [0.05, 0.1) is 16.3 Å². The van der Waals surface area contributed by atoms with Crippen LogP contribution in [0.25, 0.3) is 10.9 Å². The number of carboxylic acid groups (broad SMARTS) is 1. The summed E-state index contributed by atoms with van der Waals surface area (Å²) in [5, 5.41) is 9.89. The summed E-state index contributed by atoms with van der Waals surface area (Å²) in [5.41, 5.74) is 0.0401. The summed E-state index contributed by atoms with van der Waals surface area (Å²) >= 11 is 0. The van der Waals surface area contributed by atoms with Crippen LogP contribution in [0, 0.1) is 5.41 Å².